The number of fused-ring (bicyclic) bond motifs is 1. The number of unbranched alkanes of at least 4 members (excludes halogenated alkanes) is 1. The molecule has 2 rings (SSSR count). The van der Waals surface area contributed by atoms with E-state index in [0.717, 1.165) is 30.4 Å². The molecule has 0 radical (unpaired) electrons. The molecule has 0 spiro atoms. The SMILES string of the molecule is CCCC[n+]1[c-]n(CC(N)=O)c2ccccc21. The molecule has 0 unspecified atom stereocenters. The molecule has 0 saturated carbocycles. The molecule has 4 heteroatoms. The van der Waals surface area contributed by atoms with Crippen LogP contribution >= 0.6 is 0 Å². The van der Waals surface area contributed by atoms with Crippen LogP contribution in [0.4, 0.5) is 0 Å². The monoisotopic (exact) mass is 231 g/mol. The quantitative estimate of drug-likeness (QED) is 0.606. The van der Waals surface area contributed by atoms with Crippen molar-refractivity contribution < 1.29 is 9.36 Å². The molecule has 0 fully saturated rings. The van der Waals surface area contributed by atoms with Crippen LogP contribution in [0.15, 0.2) is 24.3 Å². The van der Waals surface area contributed by atoms with Gasteiger partial charge in [-0.3, -0.25) is 4.79 Å². The lowest BCUT2D eigenvalue weighted by molar-refractivity contribution is -0.676. The zero-order chi connectivity index (χ0) is 12.3. The summed E-state index contributed by atoms with van der Waals surface area (Å²) in [5.41, 5.74) is 7.34. The fourth-order valence-corrected chi connectivity index (χ4v) is 1.94. The standard InChI is InChI=1S/C13H17N3O/c1-2-3-8-15-10-16(9-13(14)17)12-7-5-4-6-11(12)15/h4-7H,2-3,8-9H2,1H3,(H2,14,17). The lowest BCUT2D eigenvalue weighted by Crippen LogP contribution is -2.33. The van der Waals surface area contributed by atoms with Crippen molar-refractivity contribution in [3.8, 4) is 0 Å². The number of aryl methyl sites for hydroxylation is 1. The number of hydrogen-bond acceptors (Lipinski definition) is 1. The summed E-state index contributed by atoms with van der Waals surface area (Å²) in [5.74, 6) is -0.343. The van der Waals surface area contributed by atoms with E-state index in [2.05, 4.69) is 17.8 Å². The Morgan fingerprint density at radius 1 is 1.47 bits per heavy atom. The van der Waals surface area contributed by atoms with E-state index in [1.807, 2.05) is 24.3 Å². The normalized spacial score (nSPS) is 10.9. The number of benzene rings is 1. The maximum absolute atomic E-state index is 11.0. The van der Waals surface area contributed by atoms with Crippen molar-refractivity contribution in [3.63, 3.8) is 0 Å². The van der Waals surface area contributed by atoms with Gasteiger partial charge in [-0.2, -0.15) is 0 Å². The van der Waals surface area contributed by atoms with Gasteiger partial charge >= 0.3 is 0 Å². The second-order valence-corrected chi connectivity index (χ2v) is 4.15. The number of carbonyl (C=O) groups excluding carboxylic acids is 1. The molecule has 0 saturated heterocycles. The molecular weight excluding hydrogens is 214 g/mol. The highest BCUT2D eigenvalue weighted by Gasteiger charge is 2.07. The molecular formula is C13H17N3O. The van der Waals surface area contributed by atoms with Crippen LogP contribution < -0.4 is 10.3 Å². The fraction of sp³-hybridized carbons (Fsp3) is 0.385. The maximum Gasteiger partial charge on any atom is 0.257 e. The molecule has 0 aliphatic rings. The Balaban J connectivity index is 2.42. The lowest BCUT2D eigenvalue weighted by atomic mass is 10.3. The average molecular weight is 231 g/mol. The minimum Gasteiger partial charge on any atom is -0.366 e. The maximum atomic E-state index is 11.0. The number of amides is 1. The van der Waals surface area contributed by atoms with Gasteiger partial charge < -0.3 is 14.9 Å². The number of imidazole rings is 1. The molecule has 2 N–H and O–H groups in total. The molecule has 1 aromatic heterocycles. The summed E-state index contributed by atoms with van der Waals surface area (Å²) in [6.07, 6.45) is 5.43. The van der Waals surface area contributed by atoms with Crippen LogP contribution in [0.3, 0.4) is 0 Å². The highest BCUT2D eigenvalue weighted by molar-refractivity contribution is 5.77. The van der Waals surface area contributed by atoms with E-state index in [-0.39, 0.29) is 12.5 Å². The van der Waals surface area contributed by atoms with E-state index in [0.29, 0.717) is 0 Å². The number of carbonyl (C=O) groups is 1. The zero-order valence-corrected chi connectivity index (χ0v) is 10.0. The van der Waals surface area contributed by atoms with Crippen LogP contribution in [0, 0.1) is 6.33 Å². The van der Waals surface area contributed by atoms with Crippen molar-refractivity contribution in [2.75, 3.05) is 0 Å². The highest BCUT2D eigenvalue weighted by atomic mass is 16.1. The lowest BCUT2D eigenvalue weighted by Gasteiger charge is -2.01. The Kier molecular flexibility index (Phi) is 3.42. The first kappa shape index (κ1) is 11.6. The number of nitrogens with two attached hydrogens (primary N) is 1. The number of nitrogens with zero attached hydrogens (tertiary/aromatic N) is 2. The summed E-state index contributed by atoms with van der Waals surface area (Å²) in [5, 5.41) is 0. The third kappa shape index (κ3) is 2.46. The van der Waals surface area contributed by atoms with Gasteiger partial charge in [0, 0.05) is 11.0 Å². The molecule has 90 valence electrons. The first-order valence-corrected chi connectivity index (χ1v) is 5.91. The third-order valence-corrected chi connectivity index (χ3v) is 2.75. The molecule has 1 aromatic carbocycles. The van der Waals surface area contributed by atoms with Gasteiger partial charge in [0.25, 0.3) is 5.91 Å². The Hall–Kier alpha value is -1.84. The summed E-state index contributed by atoms with van der Waals surface area (Å²) in [6, 6.07) is 7.97. The van der Waals surface area contributed by atoms with Crippen molar-refractivity contribution in [3.05, 3.63) is 30.6 Å². The van der Waals surface area contributed by atoms with Gasteiger partial charge in [0.05, 0.1) is 6.54 Å². The molecule has 1 heterocycles. The summed E-state index contributed by atoms with van der Waals surface area (Å²) < 4.78 is 3.84. The van der Waals surface area contributed by atoms with Crippen LogP contribution in [0.2, 0.25) is 0 Å². The Morgan fingerprint density at radius 3 is 2.94 bits per heavy atom. The predicted octanol–water partition coefficient (Wildman–Crippen LogP) is 1.01. The summed E-state index contributed by atoms with van der Waals surface area (Å²) in [6.45, 7) is 3.26. The largest absolute Gasteiger partial charge is 0.366 e. The third-order valence-electron chi connectivity index (χ3n) is 2.75. The van der Waals surface area contributed by atoms with E-state index >= 15 is 0 Å². The van der Waals surface area contributed by atoms with E-state index < -0.39 is 0 Å². The van der Waals surface area contributed by atoms with Crippen LogP contribution in [0.1, 0.15) is 19.8 Å². The minimum absolute atomic E-state index is 0.180. The van der Waals surface area contributed by atoms with Gasteiger partial charge in [-0.05, 0) is 6.42 Å². The molecule has 0 aliphatic carbocycles. The van der Waals surface area contributed by atoms with E-state index in [1.54, 1.807) is 4.57 Å². The summed E-state index contributed by atoms with van der Waals surface area (Å²) in [4.78, 5) is 11.0. The van der Waals surface area contributed by atoms with Crippen molar-refractivity contribution in [2.45, 2.75) is 32.9 Å². The zero-order valence-electron chi connectivity index (χ0n) is 10.0. The van der Waals surface area contributed by atoms with Crippen LogP contribution in [-0.4, -0.2) is 10.5 Å². The van der Waals surface area contributed by atoms with Gasteiger partial charge in [0.15, 0.2) is 0 Å². The first-order chi connectivity index (χ1) is 8.22. The number of rotatable bonds is 5. The topological polar surface area (TPSA) is 51.9 Å². The van der Waals surface area contributed by atoms with Crippen LogP contribution in [-0.2, 0) is 17.9 Å². The molecule has 2 aromatic rings. The number of primary amides is 1. The molecule has 17 heavy (non-hydrogen) atoms. The van der Waals surface area contributed by atoms with Gasteiger partial charge in [-0.15, -0.1) is 0 Å². The van der Waals surface area contributed by atoms with Crippen LogP contribution in [0.5, 0.6) is 0 Å². The Morgan fingerprint density at radius 2 is 2.24 bits per heavy atom. The summed E-state index contributed by atoms with van der Waals surface area (Å²) in [7, 11) is 0. The van der Waals surface area contributed by atoms with Crippen molar-refractivity contribution in [2.24, 2.45) is 5.73 Å². The van der Waals surface area contributed by atoms with E-state index in [9.17, 15) is 4.79 Å². The molecule has 0 aliphatic heterocycles. The van der Waals surface area contributed by atoms with Crippen LogP contribution in [0.25, 0.3) is 11.0 Å². The average Bonchev–Trinajstić information content (AvgIpc) is 2.65. The van der Waals surface area contributed by atoms with Crippen molar-refractivity contribution in [1.29, 1.82) is 0 Å². The minimum atomic E-state index is -0.343. The van der Waals surface area contributed by atoms with E-state index in [4.69, 9.17) is 5.73 Å². The Bertz CT molecular complexity index is 530. The highest BCUT2D eigenvalue weighted by Crippen LogP contribution is 2.10. The van der Waals surface area contributed by atoms with Gasteiger partial charge in [0.2, 0.25) is 6.33 Å². The van der Waals surface area contributed by atoms with E-state index in [1.165, 1.54) is 0 Å². The smallest absolute Gasteiger partial charge is 0.257 e. The Labute approximate surface area is 101 Å². The second kappa shape index (κ2) is 4.99. The summed E-state index contributed by atoms with van der Waals surface area (Å²) >= 11 is 0. The molecule has 0 atom stereocenters. The van der Waals surface area contributed by atoms with Crippen molar-refractivity contribution >= 4 is 16.9 Å². The van der Waals surface area contributed by atoms with Gasteiger partial charge in [0.1, 0.15) is 6.54 Å². The second-order valence-electron chi connectivity index (χ2n) is 4.15. The van der Waals surface area contributed by atoms with Gasteiger partial charge in [-0.25, -0.2) is 0 Å². The van der Waals surface area contributed by atoms with Gasteiger partial charge in [-0.1, -0.05) is 37.6 Å². The molecule has 0 bridgehead atoms. The van der Waals surface area contributed by atoms with Crippen molar-refractivity contribution in [1.82, 2.24) is 4.57 Å². The number of aromatic nitrogens is 2. The predicted molar refractivity (Wildman–Crippen MR) is 65.1 cm³/mol. The number of hydrogen-bond donors (Lipinski definition) is 1. The first-order valence-electron chi connectivity index (χ1n) is 5.91. The fourth-order valence-electron chi connectivity index (χ4n) is 1.94. The molecule has 1 amide bonds. The number of para-hydroxylation sites is 2. The molecule has 4 nitrogen and oxygen atoms in total.